The first-order chi connectivity index (χ1) is 16.0. The number of para-hydroxylation sites is 1. The molecule has 3 aromatic rings. The molecule has 0 unspecified atom stereocenters. The molecule has 0 spiro atoms. The van der Waals surface area contributed by atoms with Crippen LogP contribution in [-0.2, 0) is 16.2 Å². The van der Waals surface area contributed by atoms with Crippen molar-refractivity contribution in [2.75, 3.05) is 11.8 Å². The fraction of sp³-hybridized carbons (Fsp3) is 0.0833. The van der Waals surface area contributed by atoms with Crippen molar-refractivity contribution >= 4 is 46.8 Å². The number of fused-ring (bicyclic) bond motifs is 1. The van der Waals surface area contributed by atoms with Gasteiger partial charge in [0.1, 0.15) is 12.2 Å². The Morgan fingerprint density at radius 2 is 1.70 bits per heavy atom. The summed E-state index contributed by atoms with van der Waals surface area (Å²) in [5, 5.41) is 1.70. The maximum Gasteiger partial charge on any atom is 0.282 e. The zero-order valence-electron chi connectivity index (χ0n) is 17.0. The summed E-state index contributed by atoms with van der Waals surface area (Å²) < 4.78 is 16.5. The van der Waals surface area contributed by atoms with Gasteiger partial charge in [0.25, 0.3) is 11.8 Å². The third-order valence-electron chi connectivity index (χ3n) is 5.06. The van der Waals surface area contributed by atoms with Crippen molar-refractivity contribution in [1.82, 2.24) is 5.43 Å². The third kappa shape index (κ3) is 4.20. The van der Waals surface area contributed by atoms with Gasteiger partial charge in [0.15, 0.2) is 17.2 Å². The lowest BCUT2D eigenvalue weighted by molar-refractivity contribution is -0.117. The van der Waals surface area contributed by atoms with Crippen LogP contribution in [0.25, 0.3) is 6.08 Å². The van der Waals surface area contributed by atoms with Gasteiger partial charge in [0.2, 0.25) is 6.79 Å². The number of carbonyl (C=O) groups excluding carboxylic acids is 2. The maximum absolute atomic E-state index is 12.8. The Labute approximate surface area is 199 Å². The number of hydrogen-bond donors (Lipinski definition) is 1. The van der Waals surface area contributed by atoms with E-state index in [1.54, 1.807) is 36.4 Å². The first kappa shape index (κ1) is 21.2. The zero-order chi connectivity index (χ0) is 22.9. The van der Waals surface area contributed by atoms with Gasteiger partial charge in [-0.1, -0.05) is 47.5 Å². The number of nitrogens with one attached hydrogen (secondary N) is 1. The minimum Gasteiger partial charge on any atom is -0.486 e. The predicted molar refractivity (Wildman–Crippen MR) is 123 cm³/mol. The number of ether oxygens (including phenoxy) is 3. The van der Waals surface area contributed by atoms with Crippen LogP contribution in [-0.4, -0.2) is 18.6 Å². The maximum atomic E-state index is 12.8. The second-order valence-electron chi connectivity index (χ2n) is 7.27. The van der Waals surface area contributed by atoms with Crippen LogP contribution in [0.3, 0.4) is 0 Å². The van der Waals surface area contributed by atoms with Crippen LogP contribution in [0.4, 0.5) is 5.69 Å². The summed E-state index contributed by atoms with van der Waals surface area (Å²) in [6.07, 6.45) is 1.44. The molecule has 0 bridgehead atoms. The highest BCUT2D eigenvalue weighted by Gasteiger charge is 2.34. The molecule has 2 aliphatic rings. The van der Waals surface area contributed by atoms with Gasteiger partial charge in [-0.15, -0.1) is 0 Å². The molecule has 33 heavy (non-hydrogen) atoms. The molecule has 0 aliphatic carbocycles. The average Bonchev–Trinajstić information content (AvgIpc) is 3.38. The second kappa shape index (κ2) is 8.69. The van der Waals surface area contributed by atoms with E-state index in [4.69, 9.17) is 37.4 Å². The van der Waals surface area contributed by atoms with Crippen molar-refractivity contribution in [3.05, 3.63) is 87.4 Å². The molecular formula is C24H16Cl2N2O5. The van der Waals surface area contributed by atoms with E-state index in [1.165, 1.54) is 11.1 Å². The number of hydrogen-bond acceptors (Lipinski definition) is 5. The van der Waals surface area contributed by atoms with E-state index in [-0.39, 0.29) is 29.0 Å². The highest BCUT2D eigenvalue weighted by molar-refractivity contribution is 6.37. The molecule has 3 aromatic carbocycles. The SMILES string of the molecule is O=C1NN(c2ccccc2)C(=O)C1=Cc1cc(Cl)c(OCc2ccc3c(c2)OCO3)c(Cl)c1. The Morgan fingerprint density at radius 1 is 0.970 bits per heavy atom. The van der Waals surface area contributed by atoms with E-state index in [0.29, 0.717) is 28.5 Å². The fourth-order valence-corrected chi connectivity index (χ4v) is 4.08. The zero-order valence-corrected chi connectivity index (χ0v) is 18.5. The topological polar surface area (TPSA) is 77.1 Å². The summed E-state index contributed by atoms with van der Waals surface area (Å²) in [5.74, 6) is 0.648. The van der Waals surface area contributed by atoms with Crippen molar-refractivity contribution < 1.29 is 23.8 Å². The quantitative estimate of drug-likeness (QED) is 0.418. The molecule has 0 saturated carbocycles. The number of halogens is 2. The van der Waals surface area contributed by atoms with Gasteiger partial charge in [-0.3, -0.25) is 15.0 Å². The molecule has 0 atom stereocenters. The summed E-state index contributed by atoms with van der Waals surface area (Å²) >= 11 is 12.8. The van der Waals surface area contributed by atoms with Gasteiger partial charge in [-0.2, -0.15) is 0 Å². The smallest absolute Gasteiger partial charge is 0.282 e. The number of anilines is 1. The predicted octanol–water partition coefficient (Wildman–Crippen LogP) is 4.76. The van der Waals surface area contributed by atoms with E-state index in [0.717, 1.165) is 5.56 Å². The molecule has 1 N–H and O–H groups in total. The third-order valence-corrected chi connectivity index (χ3v) is 5.62. The van der Waals surface area contributed by atoms with Gasteiger partial charge < -0.3 is 14.2 Å². The monoisotopic (exact) mass is 482 g/mol. The Hall–Kier alpha value is -3.68. The molecule has 0 aromatic heterocycles. The molecule has 2 aliphatic heterocycles. The summed E-state index contributed by atoms with van der Waals surface area (Å²) in [6, 6.07) is 17.5. The lowest BCUT2D eigenvalue weighted by atomic mass is 10.1. The molecular weight excluding hydrogens is 467 g/mol. The summed E-state index contributed by atoms with van der Waals surface area (Å²) in [6.45, 7) is 0.404. The van der Waals surface area contributed by atoms with Crippen LogP contribution in [0.2, 0.25) is 10.0 Å². The highest BCUT2D eigenvalue weighted by atomic mass is 35.5. The Balaban J connectivity index is 1.34. The number of benzene rings is 3. The van der Waals surface area contributed by atoms with Gasteiger partial charge in [-0.25, -0.2) is 5.01 Å². The summed E-state index contributed by atoms with van der Waals surface area (Å²) in [4.78, 5) is 25.2. The van der Waals surface area contributed by atoms with Gasteiger partial charge >= 0.3 is 0 Å². The van der Waals surface area contributed by atoms with Crippen molar-refractivity contribution in [3.63, 3.8) is 0 Å². The molecule has 7 nitrogen and oxygen atoms in total. The number of hydrazine groups is 1. The highest BCUT2D eigenvalue weighted by Crippen LogP contribution is 2.37. The molecule has 1 fully saturated rings. The van der Waals surface area contributed by atoms with Crippen LogP contribution in [0.5, 0.6) is 17.2 Å². The van der Waals surface area contributed by atoms with Crippen molar-refractivity contribution in [2.45, 2.75) is 6.61 Å². The first-order valence-corrected chi connectivity index (χ1v) is 10.7. The van der Waals surface area contributed by atoms with Crippen LogP contribution in [0.15, 0.2) is 66.2 Å². The Kier molecular flexibility index (Phi) is 5.58. The van der Waals surface area contributed by atoms with Gasteiger partial charge in [0.05, 0.1) is 15.7 Å². The first-order valence-electron chi connectivity index (χ1n) is 9.92. The summed E-state index contributed by atoms with van der Waals surface area (Å²) in [7, 11) is 0. The van der Waals surface area contributed by atoms with Crippen molar-refractivity contribution in [1.29, 1.82) is 0 Å². The molecule has 1 saturated heterocycles. The van der Waals surface area contributed by atoms with E-state index in [2.05, 4.69) is 5.43 Å². The average molecular weight is 483 g/mol. The molecule has 9 heteroatoms. The fourth-order valence-electron chi connectivity index (χ4n) is 3.47. The van der Waals surface area contributed by atoms with E-state index >= 15 is 0 Å². The lowest BCUT2D eigenvalue weighted by Crippen LogP contribution is -2.35. The number of rotatable bonds is 5. The van der Waals surface area contributed by atoms with Crippen LogP contribution < -0.4 is 24.6 Å². The Bertz CT molecular complexity index is 1270. The minimum atomic E-state index is -0.515. The standard InChI is InChI=1S/C24H16Cl2N2O5/c25-18-9-15(8-17-23(29)27-28(24(17)30)16-4-2-1-3-5-16)10-19(26)22(18)31-12-14-6-7-20-21(11-14)33-13-32-20/h1-11H,12-13H2,(H,27,29). The second-order valence-corrected chi connectivity index (χ2v) is 8.08. The van der Waals surface area contributed by atoms with E-state index in [9.17, 15) is 9.59 Å². The molecule has 166 valence electrons. The lowest BCUT2D eigenvalue weighted by Gasteiger charge is -2.14. The largest absolute Gasteiger partial charge is 0.486 e. The Morgan fingerprint density at radius 3 is 2.45 bits per heavy atom. The van der Waals surface area contributed by atoms with Crippen LogP contribution in [0.1, 0.15) is 11.1 Å². The van der Waals surface area contributed by atoms with E-state index < -0.39 is 11.8 Å². The molecule has 2 amide bonds. The summed E-state index contributed by atoms with van der Waals surface area (Å²) in [5.41, 5.74) is 4.43. The number of carbonyl (C=O) groups is 2. The van der Waals surface area contributed by atoms with Crippen molar-refractivity contribution in [2.24, 2.45) is 0 Å². The van der Waals surface area contributed by atoms with Crippen molar-refractivity contribution in [3.8, 4) is 17.2 Å². The number of amides is 2. The molecule has 0 radical (unpaired) electrons. The van der Waals surface area contributed by atoms with Crippen LogP contribution >= 0.6 is 23.2 Å². The van der Waals surface area contributed by atoms with Crippen LogP contribution in [0, 0.1) is 0 Å². The minimum absolute atomic E-state index is 0.0278. The van der Waals surface area contributed by atoms with Gasteiger partial charge in [-0.05, 0) is 53.6 Å². The molecule has 2 heterocycles. The van der Waals surface area contributed by atoms with Gasteiger partial charge in [0, 0.05) is 0 Å². The van der Waals surface area contributed by atoms with E-state index in [1.807, 2.05) is 24.3 Å². The number of nitrogens with zero attached hydrogens (tertiary/aromatic N) is 1. The normalized spacial score (nSPS) is 15.8. The molecule has 5 rings (SSSR count).